The second-order valence-corrected chi connectivity index (χ2v) is 5.48. The van der Waals surface area contributed by atoms with Gasteiger partial charge in [-0.3, -0.25) is 0 Å². The molecule has 0 aromatic heterocycles. The van der Waals surface area contributed by atoms with Crippen molar-refractivity contribution < 1.29 is 9.47 Å². The molecule has 0 aliphatic carbocycles. The third kappa shape index (κ3) is 4.49. The van der Waals surface area contributed by atoms with E-state index in [0.717, 1.165) is 32.7 Å². The third-order valence-electron chi connectivity index (χ3n) is 3.05. The molecule has 1 saturated heterocycles. The predicted octanol–water partition coefficient (Wildman–Crippen LogP) is 1.80. The predicted molar refractivity (Wildman–Crippen MR) is 61.8 cm³/mol. The summed E-state index contributed by atoms with van der Waals surface area (Å²) in [6.07, 6.45) is 2.42. The lowest BCUT2D eigenvalue weighted by Gasteiger charge is -2.32. The number of hydrogen-bond donors (Lipinski definition) is 1. The average molecular weight is 215 g/mol. The highest BCUT2D eigenvalue weighted by Gasteiger charge is 2.25. The molecule has 90 valence electrons. The zero-order valence-electron chi connectivity index (χ0n) is 10.3. The van der Waals surface area contributed by atoms with Crippen molar-refractivity contribution in [2.45, 2.75) is 39.7 Å². The first-order valence-electron chi connectivity index (χ1n) is 5.93. The molecule has 3 heteroatoms. The highest BCUT2D eigenvalue weighted by Crippen LogP contribution is 2.23. The summed E-state index contributed by atoms with van der Waals surface area (Å²) in [6.45, 7) is 9.74. The van der Waals surface area contributed by atoms with Crippen LogP contribution in [0.4, 0.5) is 0 Å². The summed E-state index contributed by atoms with van der Waals surface area (Å²) in [5.41, 5.74) is 5.86. The van der Waals surface area contributed by atoms with Gasteiger partial charge in [-0.25, -0.2) is 0 Å². The first-order chi connectivity index (χ1) is 7.04. The van der Waals surface area contributed by atoms with Crippen molar-refractivity contribution in [3.05, 3.63) is 0 Å². The third-order valence-corrected chi connectivity index (χ3v) is 3.05. The Morgan fingerprint density at radius 1 is 1.33 bits per heavy atom. The molecule has 1 fully saturated rings. The molecule has 0 spiro atoms. The van der Waals surface area contributed by atoms with Gasteiger partial charge >= 0.3 is 0 Å². The molecule has 2 N–H and O–H groups in total. The maximum atomic E-state index is 5.91. The first-order valence-corrected chi connectivity index (χ1v) is 5.93. The van der Waals surface area contributed by atoms with Crippen LogP contribution in [0.2, 0.25) is 0 Å². The number of hydrogen-bond acceptors (Lipinski definition) is 3. The molecule has 0 radical (unpaired) electrons. The summed E-state index contributed by atoms with van der Waals surface area (Å²) >= 11 is 0. The Kier molecular flexibility index (Phi) is 5.03. The van der Waals surface area contributed by atoms with Crippen molar-refractivity contribution in [2.75, 3.05) is 26.4 Å². The largest absolute Gasteiger partial charge is 0.381 e. The lowest BCUT2D eigenvalue weighted by molar-refractivity contribution is -0.0472. The van der Waals surface area contributed by atoms with Crippen LogP contribution >= 0.6 is 0 Å². The van der Waals surface area contributed by atoms with Crippen molar-refractivity contribution in [3.63, 3.8) is 0 Å². The van der Waals surface area contributed by atoms with Crippen LogP contribution in [0.5, 0.6) is 0 Å². The van der Waals surface area contributed by atoms with E-state index in [1.54, 1.807) is 0 Å². The second kappa shape index (κ2) is 5.83. The molecule has 3 nitrogen and oxygen atoms in total. The molecular formula is C12H25NO2. The number of ether oxygens (including phenoxy) is 2. The van der Waals surface area contributed by atoms with Gasteiger partial charge in [-0.2, -0.15) is 0 Å². The van der Waals surface area contributed by atoms with Crippen molar-refractivity contribution in [3.8, 4) is 0 Å². The van der Waals surface area contributed by atoms with Gasteiger partial charge in [0.25, 0.3) is 0 Å². The van der Waals surface area contributed by atoms with Gasteiger partial charge in [0, 0.05) is 19.8 Å². The van der Waals surface area contributed by atoms with Crippen LogP contribution in [0, 0.1) is 11.3 Å². The molecule has 15 heavy (non-hydrogen) atoms. The fourth-order valence-corrected chi connectivity index (χ4v) is 1.84. The molecule has 1 heterocycles. The monoisotopic (exact) mass is 215 g/mol. The fraction of sp³-hybridized carbons (Fsp3) is 1.00. The van der Waals surface area contributed by atoms with Gasteiger partial charge in [-0.05, 0) is 24.2 Å². The molecule has 0 saturated carbocycles. The van der Waals surface area contributed by atoms with Gasteiger partial charge < -0.3 is 15.2 Å². The van der Waals surface area contributed by atoms with E-state index < -0.39 is 0 Å². The Hall–Kier alpha value is -0.120. The molecule has 1 unspecified atom stereocenters. The van der Waals surface area contributed by atoms with Crippen LogP contribution in [-0.4, -0.2) is 32.5 Å². The Labute approximate surface area is 93.3 Å². The lowest BCUT2D eigenvalue weighted by atomic mass is 9.89. The Morgan fingerprint density at radius 3 is 2.40 bits per heavy atom. The van der Waals surface area contributed by atoms with Crippen LogP contribution in [0.3, 0.4) is 0 Å². The highest BCUT2D eigenvalue weighted by molar-refractivity contribution is 4.76. The number of rotatable bonds is 4. The van der Waals surface area contributed by atoms with Gasteiger partial charge in [0.2, 0.25) is 0 Å². The Morgan fingerprint density at radius 2 is 1.93 bits per heavy atom. The average Bonchev–Trinajstić information content (AvgIpc) is 2.18. The molecule has 0 aromatic rings. The van der Waals surface area contributed by atoms with Crippen molar-refractivity contribution >= 4 is 0 Å². The molecule has 1 rings (SSSR count). The van der Waals surface area contributed by atoms with Gasteiger partial charge in [-0.15, -0.1) is 0 Å². The first kappa shape index (κ1) is 12.9. The molecule has 1 aliphatic heterocycles. The van der Waals surface area contributed by atoms with Crippen molar-refractivity contribution in [1.82, 2.24) is 0 Å². The quantitative estimate of drug-likeness (QED) is 0.777. The topological polar surface area (TPSA) is 44.5 Å². The smallest absolute Gasteiger partial charge is 0.0745 e. The minimum absolute atomic E-state index is 0.139. The van der Waals surface area contributed by atoms with Crippen molar-refractivity contribution in [1.29, 1.82) is 0 Å². The minimum atomic E-state index is 0.139. The highest BCUT2D eigenvalue weighted by atomic mass is 16.5. The van der Waals surface area contributed by atoms with Crippen LogP contribution in [0.25, 0.3) is 0 Å². The molecule has 0 aromatic carbocycles. The zero-order chi connectivity index (χ0) is 11.3. The van der Waals surface area contributed by atoms with Gasteiger partial charge in [0.05, 0.1) is 12.7 Å². The van der Waals surface area contributed by atoms with E-state index in [4.69, 9.17) is 15.2 Å². The van der Waals surface area contributed by atoms with E-state index in [0.29, 0.717) is 12.5 Å². The minimum Gasteiger partial charge on any atom is -0.381 e. The maximum Gasteiger partial charge on any atom is 0.0745 e. The van der Waals surface area contributed by atoms with E-state index in [-0.39, 0.29) is 11.5 Å². The summed E-state index contributed by atoms with van der Waals surface area (Å²) in [5, 5.41) is 0. The fourth-order valence-electron chi connectivity index (χ4n) is 1.84. The van der Waals surface area contributed by atoms with E-state index in [2.05, 4.69) is 20.8 Å². The normalized spacial score (nSPS) is 21.6. The van der Waals surface area contributed by atoms with Gasteiger partial charge in [0.1, 0.15) is 0 Å². The summed E-state index contributed by atoms with van der Waals surface area (Å²) in [6, 6.07) is 0. The Bertz CT molecular complexity index is 171. The summed E-state index contributed by atoms with van der Waals surface area (Å²) in [5.74, 6) is 0.662. The zero-order valence-corrected chi connectivity index (χ0v) is 10.3. The Balaban J connectivity index is 2.27. The second-order valence-electron chi connectivity index (χ2n) is 5.48. The molecule has 0 amide bonds. The summed E-state index contributed by atoms with van der Waals surface area (Å²) < 4.78 is 11.2. The van der Waals surface area contributed by atoms with Crippen LogP contribution < -0.4 is 5.73 Å². The van der Waals surface area contributed by atoms with E-state index in [1.165, 1.54) is 0 Å². The lowest BCUT2D eigenvalue weighted by Crippen LogP contribution is -2.38. The van der Waals surface area contributed by atoms with E-state index in [1.807, 2.05) is 0 Å². The summed E-state index contributed by atoms with van der Waals surface area (Å²) in [4.78, 5) is 0. The summed E-state index contributed by atoms with van der Waals surface area (Å²) in [7, 11) is 0. The van der Waals surface area contributed by atoms with Crippen LogP contribution in [0.1, 0.15) is 33.6 Å². The van der Waals surface area contributed by atoms with Gasteiger partial charge in [-0.1, -0.05) is 20.8 Å². The van der Waals surface area contributed by atoms with Crippen LogP contribution in [-0.2, 0) is 9.47 Å². The molecule has 1 atom stereocenters. The standard InChI is InChI=1S/C12H25NO2/c1-12(2,3)11(8-13)15-9-10-4-6-14-7-5-10/h10-11H,4-9,13H2,1-3H3. The SMILES string of the molecule is CC(C)(C)C(CN)OCC1CCOCC1. The van der Waals surface area contributed by atoms with Crippen LogP contribution in [0.15, 0.2) is 0 Å². The van der Waals surface area contributed by atoms with Crippen molar-refractivity contribution in [2.24, 2.45) is 17.1 Å². The number of nitrogens with two attached hydrogens (primary N) is 1. The molecular weight excluding hydrogens is 190 g/mol. The van der Waals surface area contributed by atoms with E-state index >= 15 is 0 Å². The molecule has 0 bridgehead atoms. The van der Waals surface area contributed by atoms with E-state index in [9.17, 15) is 0 Å². The van der Waals surface area contributed by atoms with Gasteiger partial charge in [0.15, 0.2) is 0 Å². The molecule has 1 aliphatic rings. The maximum absolute atomic E-state index is 5.91.